The lowest BCUT2D eigenvalue weighted by Gasteiger charge is -2.17. The number of halogens is 4. The van der Waals surface area contributed by atoms with Gasteiger partial charge in [0.15, 0.2) is 6.61 Å². The zero-order valence-corrected chi connectivity index (χ0v) is 16.9. The Morgan fingerprint density at radius 2 is 1.81 bits per heavy atom. The molecule has 9 heteroatoms. The highest BCUT2D eigenvalue weighted by Gasteiger charge is 2.33. The minimum atomic E-state index is -4.59. The van der Waals surface area contributed by atoms with E-state index in [2.05, 4.69) is 4.98 Å². The number of fused-ring (bicyclic) bond motifs is 1. The van der Waals surface area contributed by atoms with E-state index >= 15 is 0 Å². The van der Waals surface area contributed by atoms with Gasteiger partial charge in [-0.3, -0.25) is 9.78 Å². The van der Waals surface area contributed by atoms with Crippen LogP contribution in [0.4, 0.5) is 23.2 Å². The maximum absolute atomic E-state index is 13.7. The number of rotatable bonds is 6. The van der Waals surface area contributed by atoms with Crippen LogP contribution in [0.25, 0.3) is 11.3 Å². The van der Waals surface area contributed by atoms with Gasteiger partial charge in [0.25, 0.3) is 5.91 Å². The first-order chi connectivity index (χ1) is 15.3. The molecule has 0 N–H and O–H groups in total. The standard InChI is InChI=1S/C23H18F4N2O3/c1-31-12-14-2-5-16(6-3-14)29-11-19-17(22(29)30)8-9-28-21(19)18-7-4-15(24)10-20(18)32-13-23(25,26)27/h2-10H,11-13H2,1H3. The summed E-state index contributed by atoms with van der Waals surface area (Å²) in [6.45, 7) is -0.970. The molecule has 2 aromatic carbocycles. The number of anilines is 1. The number of nitrogens with zero attached hydrogens (tertiary/aromatic N) is 2. The van der Waals surface area contributed by atoms with E-state index in [1.807, 2.05) is 12.1 Å². The fraction of sp³-hybridized carbons (Fsp3) is 0.217. The van der Waals surface area contributed by atoms with Gasteiger partial charge in [-0.05, 0) is 35.9 Å². The Bertz CT molecular complexity index is 1150. The molecule has 1 aliphatic rings. The van der Waals surface area contributed by atoms with Crippen molar-refractivity contribution >= 4 is 11.6 Å². The van der Waals surface area contributed by atoms with Crippen LogP contribution >= 0.6 is 0 Å². The summed E-state index contributed by atoms with van der Waals surface area (Å²) in [6.07, 6.45) is -3.19. The molecule has 2 heterocycles. The van der Waals surface area contributed by atoms with Gasteiger partial charge in [0.05, 0.1) is 18.8 Å². The summed E-state index contributed by atoms with van der Waals surface area (Å²) in [5.74, 6) is -1.30. The van der Waals surface area contributed by atoms with E-state index in [1.165, 1.54) is 12.3 Å². The number of alkyl halides is 3. The van der Waals surface area contributed by atoms with Crippen molar-refractivity contribution in [2.45, 2.75) is 19.3 Å². The summed E-state index contributed by atoms with van der Waals surface area (Å²) in [4.78, 5) is 18.8. The summed E-state index contributed by atoms with van der Waals surface area (Å²) in [6, 6.07) is 12.1. The molecular formula is C23H18F4N2O3. The van der Waals surface area contributed by atoms with E-state index in [0.29, 0.717) is 23.4 Å². The molecular weight excluding hydrogens is 428 g/mol. The van der Waals surface area contributed by atoms with Crippen LogP contribution in [0, 0.1) is 5.82 Å². The number of hydrogen-bond acceptors (Lipinski definition) is 4. The zero-order valence-electron chi connectivity index (χ0n) is 16.9. The van der Waals surface area contributed by atoms with Crippen molar-refractivity contribution in [2.75, 3.05) is 18.6 Å². The fourth-order valence-corrected chi connectivity index (χ4v) is 3.58. The number of carbonyl (C=O) groups excluding carboxylic acids is 1. The van der Waals surface area contributed by atoms with Gasteiger partial charge in [0.2, 0.25) is 0 Å². The quantitative estimate of drug-likeness (QED) is 0.493. The molecule has 0 unspecified atom stereocenters. The normalized spacial score (nSPS) is 13.4. The molecule has 0 radical (unpaired) electrons. The molecule has 1 amide bonds. The van der Waals surface area contributed by atoms with Crippen LogP contribution in [0.2, 0.25) is 0 Å². The lowest BCUT2D eigenvalue weighted by Crippen LogP contribution is -2.22. The number of benzene rings is 2. The summed E-state index contributed by atoms with van der Waals surface area (Å²) < 4.78 is 61.7. The van der Waals surface area contributed by atoms with Gasteiger partial charge in [-0.1, -0.05) is 12.1 Å². The van der Waals surface area contributed by atoms with E-state index < -0.39 is 18.6 Å². The summed E-state index contributed by atoms with van der Waals surface area (Å²) in [5, 5.41) is 0. The zero-order chi connectivity index (χ0) is 22.9. The van der Waals surface area contributed by atoms with Gasteiger partial charge >= 0.3 is 6.18 Å². The van der Waals surface area contributed by atoms with E-state index in [-0.39, 0.29) is 29.5 Å². The minimum Gasteiger partial charge on any atom is -0.483 e. The number of carbonyl (C=O) groups is 1. The van der Waals surface area contributed by atoms with Crippen LogP contribution in [0.1, 0.15) is 21.5 Å². The van der Waals surface area contributed by atoms with Crippen molar-refractivity contribution in [1.82, 2.24) is 4.98 Å². The van der Waals surface area contributed by atoms with Crippen molar-refractivity contribution in [2.24, 2.45) is 0 Å². The first-order valence-electron chi connectivity index (χ1n) is 9.64. The van der Waals surface area contributed by atoms with Crippen molar-refractivity contribution in [3.05, 3.63) is 77.2 Å². The molecule has 1 aromatic heterocycles. The van der Waals surface area contributed by atoms with Gasteiger partial charge in [-0.25, -0.2) is 4.39 Å². The second-order valence-electron chi connectivity index (χ2n) is 7.22. The molecule has 1 aliphatic heterocycles. The Balaban J connectivity index is 1.69. The number of amides is 1. The van der Waals surface area contributed by atoms with Crippen LogP contribution in [-0.4, -0.2) is 30.8 Å². The molecule has 0 aliphatic carbocycles. The van der Waals surface area contributed by atoms with Crippen LogP contribution < -0.4 is 9.64 Å². The van der Waals surface area contributed by atoms with Gasteiger partial charge < -0.3 is 14.4 Å². The van der Waals surface area contributed by atoms with Crippen LogP contribution in [0.5, 0.6) is 5.75 Å². The first kappa shape index (κ1) is 21.8. The largest absolute Gasteiger partial charge is 0.483 e. The Morgan fingerprint density at radius 1 is 1.06 bits per heavy atom. The Morgan fingerprint density at radius 3 is 2.50 bits per heavy atom. The average Bonchev–Trinajstić information content (AvgIpc) is 3.10. The molecule has 0 spiro atoms. The molecule has 32 heavy (non-hydrogen) atoms. The second-order valence-corrected chi connectivity index (χ2v) is 7.22. The number of pyridine rings is 1. The maximum atomic E-state index is 13.7. The predicted octanol–water partition coefficient (Wildman–Crippen LogP) is 5.14. The lowest BCUT2D eigenvalue weighted by molar-refractivity contribution is -0.153. The number of aromatic nitrogens is 1. The van der Waals surface area contributed by atoms with E-state index in [4.69, 9.17) is 9.47 Å². The number of methoxy groups -OCH3 is 1. The molecule has 4 rings (SSSR count). The highest BCUT2D eigenvalue weighted by Crippen LogP contribution is 2.38. The van der Waals surface area contributed by atoms with Crippen LogP contribution in [-0.2, 0) is 17.9 Å². The Labute approximate surface area is 181 Å². The highest BCUT2D eigenvalue weighted by atomic mass is 19.4. The average molecular weight is 446 g/mol. The van der Waals surface area contributed by atoms with Gasteiger partial charge in [-0.15, -0.1) is 0 Å². The van der Waals surface area contributed by atoms with Crippen molar-refractivity contribution in [3.63, 3.8) is 0 Å². The van der Waals surface area contributed by atoms with Gasteiger partial charge in [0, 0.05) is 41.8 Å². The summed E-state index contributed by atoms with van der Waals surface area (Å²) in [5.41, 5.74) is 2.96. The van der Waals surface area contributed by atoms with Crippen molar-refractivity contribution < 1.29 is 31.8 Å². The molecule has 0 saturated carbocycles. The summed E-state index contributed by atoms with van der Waals surface area (Å²) in [7, 11) is 1.59. The van der Waals surface area contributed by atoms with Crippen molar-refractivity contribution in [3.8, 4) is 17.0 Å². The lowest BCUT2D eigenvalue weighted by atomic mass is 10.0. The third-order valence-electron chi connectivity index (χ3n) is 5.00. The maximum Gasteiger partial charge on any atom is 0.422 e. The number of ether oxygens (including phenoxy) is 2. The SMILES string of the molecule is COCc1ccc(N2Cc3c(ccnc3-c3ccc(F)cc3OCC(F)(F)F)C2=O)cc1. The van der Waals surface area contributed by atoms with Crippen molar-refractivity contribution in [1.29, 1.82) is 0 Å². The topological polar surface area (TPSA) is 51.7 Å². The first-order valence-corrected chi connectivity index (χ1v) is 9.64. The monoisotopic (exact) mass is 446 g/mol. The highest BCUT2D eigenvalue weighted by molar-refractivity contribution is 6.11. The van der Waals surface area contributed by atoms with E-state index in [0.717, 1.165) is 17.7 Å². The van der Waals surface area contributed by atoms with Gasteiger partial charge in [-0.2, -0.15) is 13.2 Å². The molecule has 0 atom stereocenters. The van der Waals surface area contributed by atoms with E-state index in [9.17, 15) is 22.4 Å². The third kappa shape index (κ3) is 4.43. The molecule has 5 nitrogen and oxygen atoms in total. The smallest absolute Gasteiger partial charge is 0.422 e. The van der Waals surface area contributed by atoms with Crippen LogP contribution in [0.15, 0.2) is 54.7 Å². The van der Waals surface area contributed by atoms with E-state index in [1.54, 1.807) is 30.2 Å². The third-order valence-corrected chi connectivity index (χ3v) is 5.00. The molecule has 166 valence electrons. The predicted molar refractivity (Wildman–Crippen MR) is 109 cm³/mol. The second kappa shape index (κ2) is 8.58. The molecule has 0 fully saturated rings. The fourth-order valence-electron chi connectivity index (χ4n) is 3.58. The molecule has 0 bridgehead atoms. The number of hydrogen-bond donors (Lipinski definition) is 0. The Kier molecular flexibility index (Phi) is 5.84. The van der Waals surface area contributed by atoms with Gasteiger partial charge in [0.1, 0.15) is 11.6 Å². The summed E-state index contributed by atoms with van der Waals surface area (Å²) >= 11 is 0. The van der Waals surface area contributed by atoms with Crippen LogP contribution in [0.3, 0.4) is 0 Å². The minimum absolute atomic E-state index is 0.164. The Hall–Kier alpha value is -3.46. The molecule has 0 saturated heterocycles. The molecule has 3 aromatic rings.